The van der Waals surface area contributed by atoms with Crippen LogP contribution in [0.5, 0.6) is 0 Å². The number of ketones is 2. The Balaban J connectivity index is 1.52. The van der Waals surface area contributed by atoms with Crippen LogP contribution in [0, 0.1) is 0 Å². The van der Waals surface area contributed by atoms with Crippen molar-refractivity contribution in [3.05, 3.63) is 83.4 Å². The van der Waals surface area contributed by atoms with E-state index >= 15 is 0 Å². The third-order valence-corrected chi connectivity index (χ3v) is 4.60. The number of carbonyl (C=O) groups excluding carboxylic acids is 2. The molecule has 0 spiro atoms. The molecule has 0 radical (unpaired) electrons. The van der Waals surface area contributed by atoms with Crippen molar-refractivity contribution in [2.75, 3.05) is 0 Å². The van der Waals surface area contributed by atoms with Crippen molar-refractivity contribution in [2.24, 2.45) is 4.99 Å². The number of fused-ring (bicyclic) bond motifs is 1. The van der Waals surface area contributed by atoms with E-state index in [1.54, 1.807) is 13.1 Å². The Bertz CT molecular complexity index is 1050. The van der Waals surface area contributed by atoms with Crippen molar-refractivity contribution in [1.29, 1.82) is 0 Å². The summed E-state index contributed by atoms with van der Waals surface area (Å²) in [5.74, 6) is -0.0547. The number of nitrogens with zero attached hydrogens (tertiary/aromatic N) is 3. The molecule has 0 N–H and O–H groups in total. The molecule has 0 saturated carbocycles. The monoisotopic (exact) mass is 355 g/mol. The van der Waals surface area contributed by atoms with Gasteiger partial charge in [0.1, 0.15) is 11.4 Å². The zero-order valence-electron chi connectivity index (χ0n) is 14.8. The van der Waals surface area contributed by atoms with Crippen LogP contribution in [0.1, 0.15) is 34.1 Å². The highest BCUT2D eigenvalue weighted by molar-refractivity contribution is 6.46. The van der Waals surface area contributed by atoms with Crippen molar-refractivity contribution in [2.45, 2.75) is 19.9 Å². The molecule has 1 aromatic heterocycles. The fourth-order valence-electron chi connectivity index (χ4n) is 3.22. The summed E-state index contributed by atoms with van der Waals surface area (Å²) in [6, 6.07) is 14.0. The number of carbonyl (C=O) groups is 2. The Kier molecular flexibility index (Phi) is 4.42. The van der Waals surface area contributed by atoms with E-state index in [-0.39, 0.29) is 11.6 Å². The Morgan fingerprint density at radius 1 is 1.00 bits per heavy atom. The number of hydrogen-bond acceptors (Lipinski definition) is 5. The van der Waals surface area contributed by atoms with Gasteiger partial charge in [0.05, 0.1) is 12.7 Å². The zero-order valence-corrected chi connectivity index (χ0v) is 14.8. The van der Waals surface area contributed by atoms with Gasteiger partial charge >= 0.3 is 0 Å². The van der Waals surface area contributed by atoms with Crippen molar-refractivity contribution >= 4 is 17.3 Å². The quantitative estimate of drug-likeness (QED) is 0.657. The summed E-state index contributed by atoms with van der Waals surface area (Å²) in [4.78, 5) is 36.2. The lowest BCUT2D eigenvalue weighted by Gasteiger charge is -2.07. The van der Waals surface area contributed by atoms with Gasteiger partial charge in [-0.25, -0.2) is 4.98 Å². The first-order chi connectivity index (χ1) is 13.1. The summed E-state index contributed by atoms with van der Waals surface area (Å²) in [6.45, 7) is 2.09. The van der Waals surface area contributed by atoms with Gasteiger partial charge in [0.15, 0.2) is 11.6 Å². The average molecular weight is 355 g/mol. The molecule has 0 bridgehead atoms. The van der Waals surface area contributed by atoms with Crippen LogP contribution < -0.4 is 0 Å². The number of aromatic nitrogens is 2. The van der Waals surface area contributed by atoms with Crippen LogP contribution in [0.4, 0.5) is 0 Å². The molecule has 4 rings (SSSR count). The molecule has 5 nitrogen and oxygen atoms in total. The first kappa shape index (κ1) is 17.0. The Morgan fingerprint density at radius 2 is 1.78 bits per heavy atom. The van der Waals surface area contributed by atoms with Gasteiger partial charge in [-0.2, -0.15) is 0 Å². The summed E-state index contributed by atoms with van der Waals surface area (Å²) in [7, 11) is 0. The molecule has 1 aliphatic rings. The lowest BCUT2D eigenvalue weighted by Crippen LogP contribution is -2.09. The number of Topliss-reactive ketones (excluding diaryl/α,β-unsaturated/α-hetero) is 2. The van der Waals surface area contributed by atoms with Gasteiger partial charge in [0, 0.05) is 31.3 Å². The van der Waals surface area contributed by atoms with Gasteiger partial charge in [0.25, 0.3) is 0 Å². The van der Waals surface area contributed by atoms with Gasteiger partial charge in [-0.15, -0.1) is 0 Å². The van der Waals surface area contributed by atoms with Crippen LogP contribution in [-0.2, 0) is 17.8 Å². The highest BCUT2D eigenvalue weighted by Crippen LogP contribution is 2.27. The van der Waals surface area contributed by atoms with E-state index in [1.165, 1.54) is 12.4 Å². The van der Waals surface area contributed by atoms with E-state index in [2.05, 4.69) is 21.0 Å². The second-order valence-electron chi connectivity index (χ2n) is 6.48. The van der Waals surface area contributed by atoms with E-state index < -0.39 is 0 Å². The standard InChI is InChI=1S/C22H17N3O2/c1-14(26)22-19-7-6-17(11-18(19)12-25-22)16-4-2-15(3-5-16)10-21(27)20-13-23-8-9-24-20/h2-9,11,13H,10,12H2,1H3. The maximum Gasteiger partial charge on any atom is 0.187 e. The van der Waals surface area contributed by atoms with Crippen LogP contribution in [0.25, 0.3) is 11.1 Å². The highest BCUT2D eigenvalue weighted by atomic mass is 16.1. The van der Waals surface area contributed by atoms with Gasteiger partial charge < -0.3 is 0 Å². The molecule has 2 heterocycles. The minimum atomic E-state index is -0.0534. The summed E-state index contributed by atoms with van der Waals surface area (Å²) in [6.07, 6.45) is 4.84. The molecular weight excluding hydrogens is 338 g/mol. The molecule has 2 aromatic carbocycles. The van der Waals surface area contributed by atoms with Crippen molar-refractivity contribution in [3.63, 3.8) is 0 Å². The predicted octanol–water partition coefficient (Wildman–Crippen LogP) is 3.46. The average Bonchev–Trinajstić information content (AvgIpc) is 3.13. The lowest BCUT2D eigenvalue weighted by atomic mass is 9.96. The van der Waals surface area contributed by atoms with Crippen molar-refractivity contribution in [3.8, 4) is 11.1 Å². The van der Waals surface area contributed by atoms with Gasteiger partial charge in [0.2, 0.25) is 0 Å². The molecule has 0 atom stereocenters. The van der Waals surface area contributed by atoms with E-state index in [9.17, 15) is 9.59 Å². The Morgan fingerprint density at radius 3 is 2.48 bits per heavy atom. The van der Waals surface area contributed by atoms with Crippen LogP contribution >= 0.6 is 0 Å². The SMILES string of the molecule is CC(=O)C1=NCc2cc(-c3ccc(CC(=O)c4cnccn4)cc3)ccc21. The highest BCUT2D eigenvalue weighted by Gasteiger charge is 2.19. The first-order valence-electron chi connectivity index (χ1n) is 8.69. The summed E-state index contributed by atoms with van der Waals surface area (Å²) < 4.78 is 0. The molecule has 27 heavy (non-hydrogen) atoms. The predicted molar refractivity (Wildman–Crippen MR) is 103 cm³/mol. The molecule has 0 aliphatic carbocycles. The van der Waals surface area contributed by atoms with Crippen LogP contribution in [-0.4, -0.2) is 27.2 Å². The number of rotatable bonds is 5. The molecule has 132 valence electrons. The van der Waals surface area contributed by atoms with E-state index in [4.69, 9.17) is 0 Å². The summed E-state index contributed by atoms with van der Waals surface area (Å²) >= 11 is 0. The van der Waals surface area contributed by atoms with Crippen molar-refractivity contribution in [1.82, 2.24) is 9.97 Å². The summed E-state index contributed by atoms with van der Waals surface area (Å²) in [5.41, 5.74) is 6.00. The number of benzene rings is 2. The smallest absolute Gasteiger partial charge is 0.187 e. The fourth-order valence-corrected chi connectivity index (χ4v) is 3.22. The topological polar surface area (TPSA) is 72.3 Å². The molecular formula is C22H17N3O2. The molecule has 0 unspecified atom stereocenters. The molecule has 0 saturated heterocycles. The first-order valence-corrected chi connectivity index (χ1v) is 8.69. The zero-order chi connectivity index (χ0) is 18.8. The Labute approximate surface area is 156 Å². The second kappa shape index (κ2) is 7.03. The molecule has 5 heteroatoms. The van der Waals surface area contributed by atoms with Crippen LogP contribution in [0.2, 0.25) is 0 Å². The number of hydrogen-bond donors (Lipinski definition) is 0. The largest absolute Gasteiger partial charge is 0.293 e. The van der Waals surface area contributed by atoms with Crippen LogP contribution in [0.3, 0.4) is 0 Å². The van der Waals surface area contributed by atoms with Crippen LogP contribution in [0.15, 0.2) is 66.0 Å². The van der Waals surface area contributed by atoms with Gasteiger partial charge in [-0.3, -0.25) is 19.6 Å². The van der Waals surface area contributed by atoms with E-state index in [0.717, 1.165) is 27.8 Å². The normalized spacial score (nSPS) is 12.4. The maximum atomic E-state index is 12.2. The Hall–Kier alpha value is -3.47. The maximum absolute atomic E-state index is 12.2. The molecule has 1 aliphatic heterocycles. The molecule has 0 amide bonds. The minimum Gasteiger partial charge on any atom is -0.293 e. The van der Waals surface area contributed by atoms with E-state index in [0.29, 0.717) is 24.4 Å². The molecule has 0 fully saturated rings. The lowest BCUT2D eigenvalue weighted by molar-refractivity contribution is -0.111. The second-order valence-corrected chi connectivity index (χ2v) is 6.48. The van der Waals surface area contributed by atoms with Gasteiger partial charge in [-0.05, 0) is 28.3 Å². The third kappa shape index (κ3) is 3.44. The minimum absolute atomic E-state index is 0.00127. The van der Waals surface area contributed by atoms with E-state index in [1.807, 2.05) is 36.4 Å². The molecule has 3 aromatic rings. The summed E-state index contributed by atoms with van der Waals surface area (Å²) in [5, 5.41) is 0. The van der Waals surface area contributed by atoms with Gasteiger partial charge in [-0.1, -0.05) is 36.4 Å². The number of aliphatic imine (C=N–C) groups is 1. The van der Waals surface area contributed by atoms with Crippen molar-refractivity contribution < 1.29 is 9.59 Å². The fraction of sp³-hybridized carbons (Fsp3) is 0.136. The third-order valence-electron chi connectivity index (χ3n) is 4.60.